The van der Waals surface area contributed by atoms with Crippen LogP contribution in [0.25, 0.3) is 0 Å². The summed E-state index contributed by atoms with van der Waals surface area (Å²) in [6.07, 6.45) is -4.05. The van der Waals surface area contributed by atoms with Gasteiger partial charge in [-0.05, 0) is 0 Å². The Kier molecular flexibility index (Phi) is 8.06. The largest absolute Gasteiger partial charge is 0.453 e. The molecule has 0 heterocycles. The second kappa shape index (κ2) is 7.01. The lowest BCUT2D eigenvalue weighted by molar-refractivity contribution is -0.284. The Hall–Kier alpha value is -0.350. The van der Waals surface area contributed by atoms with Crippen LogP contribution in [0.4, 0.5) is 22.0 Å². The van der Waals surface area contributed by atoms with Crippen molar-refractivity contribution in [3.8, 4) is 0 Å². The maximum absolute atomic E-state index is 11.8. The lowest BCUT2D eigenvalue weighted by Gasteiger charge is -2.18. The van der Waals surface area contributed by atoms with E-state index in [2.05, 4.69) is 13.8 Å². The molecule has 0 aromatic heterocycles. The summed E-state index contributed by atoms with van der Waals surface area (Å²) in [6.45, 7) is 5.64. The first-order chi connectivity index (χ1) is 6.22. The highest BCUT2D eigenvalue weighted by Crippen LogP contribution is 2.38. The molecule has 0 unspecified atom stereocenters. The molecule has 5 heteroatoms. The lowest BCUT2D eigenvalue weighted by atomic mass is 10.2. The van der Waals surface area contributed by atoms with E-state index in [4.69, 9.17) is 0 Å². The third kappa shape index (κ3) is 7.09. The third-order valence-electron chi connectivity index (χ3n) is 1.48. The summed E-state index contributed by atoms with van der Waals surface area (Å²) in [5.74, 6) is -4.51. The van der Waals surface area contributed by atoms with Gasteiger partial charge in [-0.3, -0.25) is 0 Å². The molecule has 14 heavy (non-hydrogen) atoms. The van der Waals surface area contributed by atoms with Gasteiger partial charge in [0.2, 0.25) is 0 Å². The summed E-state index contributed by atoms with van der Waals surface area (Å²) < 4.78 is 57.4. The summed E-state index contributed by atoms with van der Waals surface area (Å²) in [5, 5.41) is 0. The van der Waals surface area contributed by atoms with E-state index in [0.29, 0.717) is 0 Å². The molecule has 0 aliphatic carbocycles. The summed E-state index contributed by atoms with van der Waals surface area (Å²) >= 11 is 0. The van der Waals surface area contributed by atoms with Gasteiger partial charge in [0.1, 0.15) is 0 Å². The highest BCUT2D eigenvalue weighted by Gasteiger charge is 2.56. The summed E-state index contributed by atoms with van der Waals surface area (Å²) in [7, 11) is 0. The monoisotopic (exact) mass is 220 g/mol. The minimum atomic E-state index is -5.39. The molecule has 0 atom stereocenters. The number of hydrogen-bond donors (Lipinski definition) is 0. The number of alkyl halides is 5. The smallest absolute Gasteiger partial charge is 0.196 e. The van der Waals surface area contributed by atoms with Crippen LogP contribution in [0.5, 0.6) is 0 Å². The van der Waals surface area contributed by atoms with E-state index in [1.165, 1.54) is 19.8 Å². The van der Waals surface area contributed by atoms with Gasteiger partial charge in [0, 0.05) is 6.42 Å². The van der Waals surface area contributed by atoms with E-state index < -0.39 is 18.5 Å². The topological polar surface area (TPSA) is 0 Å². The SMILES string of the molecule is CCCC.CCCC(F)(F)C(F)(F)F. The van der Waals surface area contributed by atoms with Crippen molar-refractivity contribution in [3.05, 3.63) is 0 Å². The van der Waals surface area contributed by atoms with E-state index in [1.54, 1.807) is 0 Å². The molecule has 0 spiro atoms. The van der Waals surface area contributed by atoms with Gasteiger partial charge < -0.3 is 0 Å². The molecule has 0 fully saturated rings. The van der Waals surface area contributed by atoms with Crippen LogP contribution in [-0.2, 0) is 0 Å². The van der Waals surface area contributed by atoms with Crippen LogP contribution >= 0.6 is 0 Å². The van der Waals surface area contributed by atoms with Crippen molar-refractivity contribution in [1.82, 2.24) is 0 Å². The average Bonchev–Trinajstić information content (AvgIpc) is 2.03. The quantitative estimate of drug-likeness (QED) is 0.600. The van der Waals surface area contributed by atoms with E-state index in [9.17, 15) is 22.0 Å². The van der Waals surface area contributed by atoms with Gasteiger partial charge >= 0.3 is 12.1 Å². The van der Waals surface area contributed by atoms with Gasteiger partial charge in [0.15, 0.2) is 0 Å². The van der Waals surface area contributed by atoms with Crippen LogP contribution in [0.3, 0.4) is 0 Å². The number of unbranched alkanes of at least 4 members (excludes halogenated alkanes) is 1. The van der Waals surface area contributed by atoms with Gasteiger partial charge in [-0.2, -0.15) is 22.0 Å². The average molecular weight is 220 g/mol. The summed E-state index contributed by atoms with van der Waals surface area (Å²) in [5.41, 5.74) is 0. The Morgan fingerprint density at radius 2 is 1.07 bits per heavy atom. The zero-order valence-corrected chi connectivity index (χ0v) is 8.72. The van der Waals surface area contributed by atoms with Crippen molar-refractivity contribution in [2.24, 2.45) is 0 Å². The molecule has 0 saturated heterocycles. The molecule has 0 aliphatic heterocycles. The van der Waals surface area contributed by atoms with Crippen molar-refractivity contribution in [3.63, 3.8) is 0 Å². The Labute approximate surface area is 81.5 Å². The molecule has 0 saturated carbocycles. The normalized spacial score (nSPS) is 12.0. The van der Waals surface area contributed by atoms with Crippen molar-refractivity contribution < 1.29 is 22.0 Å². The molecule has 0 amide bonds. The van der Waals surface area contributed by atoms with Gasteiger partial charge in [0.25, 0.3) is 0 Å². The maximum atomic E-state index is 11.8. The van der Waals surface area contributed by atoms with Gasteiger partial charge in [0.05, 0.1) is 0 Å². The standard InChI is InChI=1S/C5H7F5.C4H10/c1-2-3-4(6,7)5(8,9)10;1-3-4-2/h2-3H2,1H3;3-4H2,1-2H3. The van der Waals surface area contributed by atoms with Crippen LogP contribution in [0.15, 0.2) is 0 Å². The van der Waals surface area contributed by atoms with E-state index >= 15 is 0 Å². The predicted molar refractivity (Wildman–Crippen MR) is 46.5 cm³/mol. The zero-order chi connectivity index (χ0) is 11.8. The van der Waals surface area contributed by atoms with Crippen molar-refractivity contribution >= 4 is 0 Å². The fourth-order valence-electron chi connectivity index (χ4n) is 0.456. The van der Waals surface area contributed by atoms with Crippen LogP contribution < -0.4 is 0 Å². The van der Waals surface area contributed by atoms with Gasteiger partial charge in [-0.25, -0.2) is 0 Å². The van der Waals surface area contributed by atoms with E-state index in [1.807, 2.05) is 0 Å². The van der Waals surface area contributed by atoms with Crippen LogP contribution in [-0.4, -0.2) is 12.1 Å². The second-order valence-corrected chi connectivity index (χ2v) is 2.95. The minimum Gasteiger partial charge on any atom is -0.196 e. The van der Waals surface area contributed by atoms with Crippen molar-refractivity contribution in [2.75, 3.05) is 0 Å². The van der Waals surface area contributed by atoms with Crippen LogP contribution in [0.1, 0.15) is 46.5 Å². The van der Waals surface area contributed by atoms with Crippen molar-refractivity contribution in [2.45, 2.75) is 58.6 Å². The molecule has 0 N–H and O–H groups in total. The maximum Gasteiger partial charge on any atom is 0.453 e. The van der Waals surface area contributed by atoms with Gasteiger partial charge in [-0.15, -0.1) is 0 Å². The number of hydrogen-bond acceptors (Lipinski definition) is 0. The first-order valence-electron chi connectivity index (χ1n) is 4.67. The summed E-state index contributed by atoms with van der Waals surface area (Å²) in [6, 6.07) is 0. The molecule has 0 aromatic rings. The number of halogens is 5. The fourth-order valence-corrected chi connectivity index (χ4v) is 0.456. The Morgan fingerprint density at radius 3 is 1.14 bits per heavy atom. The Balaban J connectivity index is 0. The Bertz CT molecular complexity index is 126. The highest BCUT2D eigenvalue weighted by atomic mass is 19.4. The molecule has 0 aliphatic rings. The van der Waals surface area contributed by atoms with Crippen molar-refractivity contribution in [1.29, 1.82) is 0 Å². The first-order valence-corrected chi connectivity index (χ1v) is 4.67. The minimum absolute atomic E-state index is 0.174. The molecule has 0 rings (SSSR count). The van der Waals surface area contributed by atoms with E-state index in [0.717, 1.165) is 0 Å². The molecule has 0 radical (unpaired) electrons. The molecular weight excluding hydrogens is 203 g/mol. The third-order valence-corrected chi connectivity index (χ3v) is 1.48. The van der Waals surface area contributed by atoms with Gasteiger partial charge in [-0.1, -0.05) is 40.0 Å². The zero-order valence-electron chi connectivity index (χ0n) is 8.72. The first kappa shape index (κ1) is 16.1. The summed E-state index contributed by atoms with van der Waals surface area (Å²) in [4.78, 5) is 0. The van der Waals surface area contributed by atoms with E-state index in [-0.39, 0.29) is 6.42 Å². The second-order valence-electron chi connectivity index (χ2n) is 2.95. The van der Waals surface area contributed by atoms with Crippen LogP contribution in [0, 0.1) is 0 Å². The molecule has 0 aromatic carbocycles. The fraction of sp³-hybridized carbons (Fsp3) is 1.00. The molecular formula is C9H17F5. The molecule has 0 bridgehead atoms. The Morgan fingerprint density at radius 1 is 0.714 bits per heavy atom. The lowest BCUT2D eigenvalue weighted by Crippen LogP contribution is -2.35. The molecule has 88 valence electrons. The molecule has 0 nitrogen and oxygen atoms in total. The number of rotatable bonds is 3. The predicted octanol–water partition coefficient (Wildman–Crippen LogP) is 4.79. The van der Waals surface area contributed by atoms with Crippen LogP contribution in [0.2, 0.25) is 0 Å². The highest BCUT2D eigenvalue weighted by molar-refractivity contribution is 4.74.